The zero-order chi connectivity index (χ0) is 53.4. The van der Waals surface area contributed by atoms with E-state index in [0.29, 0.717) is 12.8 Å². The van der Waals surface area contributed by atoms with Gasteiger partial charge in [0.1, 0.15) is 73.2 Å². The van der Waals surface area contributed by atoms with Gasteiger partial charge in [0.25, 0.3) is 0 Å². The lowest BCUT2D eigenvalue weighted by molar-refractivity contribution is -0.379. The van der Waals surface area contributed by atoms with Crippen molar-refractivity contribution in [2.75, 3.05) is 26.4 Å². The Kier molecular flexibility index (Phi) is 35.5. The summed E-state index contributed by atoms with van der Waals surface area (Å²) in [5.41, 5.74) is 0. The van der Waals surface area contributed by atoms with Crippen LogP contribution < -0.4 is 5.32 Å². The largest absolute Gasteiger partial charge is 0.394 e. The summed E-state index contributed by atoms with van der Waals surface area (Å²) in [7, 11) is 0. The number of hydrogen-bond acceptors (Lipinski definition) is 18. The lowest BCUT2D eigenvalue weighted by Crippen LogP contribution is -2.66. The van der Waals surface area contributed by atoms with Gasteiger partial charge in [0, 0.05) is 6.42 Å². The Morgan fingerprint density at radius 1 is 0.438 bits per heavy atom. The Bertz CT molecular complexity index is 1350. The molecule has 3 aliphatic heterocycles. The maximum Gasteiger partial charge on any atom is 0.220 e. The highest BCUT2D eigenvalue weighted by Crippen LogP contribution is 2.33. The molecule has 0 aromatic carbocycles. The summed E-state index contributed by atoms with van der Waals surface area (Å²) in [6.07, 6.45) is 8.79. The van der Waals surface area contributed by atoms with E-state index in [2.05, 4.69) is 19.2 Å². The molecule has 73 heavy (non-hydrogen) atoms. The van der Waals surface area contributed by atoms with Crippen LogP contribution in [0.3, 0.4) is 0 Å². The molecule has 0 aromatic heterocycles. The van der Waals surface area contributed by atoms with Crippen LogP contribution in [0.4, 0.5) is 0 Å². The third-order valence-electron chi connectivity index (χ3n) is 14.9. The fourth-order valence-electron chi connectivity index (χ4n) is 10.1. The van der Waals surface area contributed by atoms with Crippen LogP contribution in [0, 0.1) is 0 Å². The lowest BCUT2D eigenvalue weighted by atomic mass is 9.96. The molecule has 0 radical (unpaired) electrons. The minimum absolute atomic E-state index is 0.248. The van der Waals surface area contributed by atoms with Gasteiger partial charge < -0.3 is 89.9 Å². The third-order valence-corrected chi connectivity index (χ3v) is 14.9. The molecule has 3 aliphatic rings. The van der Waals surface area contributed by atoms with E-state index in [9.17, 15) is 61.0 Å². The van der Waals surface area contributed by atoms with E-state index in [4.69, 9.17) is 28.4 Å². The molecular weight excluding hydrogens is 951 g/mol. The first-order valence-electron chi connectivity index (χ1n) is 28.8. The summed E-state index contributed by atoms with van der Waals surface area (Å²) in [5, 5.41) is 119. The van der Waals surface area contributed by atoms with Gasteiger partial charge in [-0.25, -0.2) is 0 Å². The number of carbonyl (C=O) groups excluding carboxylic acids is 1. The number of nitrogens with one attached hydrogen (secondary N) is 1. The molecule has 3 heterocycles. The molecule has 17 atom stereocenters. The first-order chi connectivity index (χ1) is 35.3. The summed E-state index contributed by atoms with van der Waals surface area (Å²) in [6, 6.07) is -0.876. The predicted molar refractivity (Wildman–Crippen MR) is 273 cm³/mol. The number of hydrogen-bond donors (Lipinski definition) is 12. The minimum Gasteiger partial charge on any atom is -0.394 e. The SMILES string of the molecule is CCCCCCCCCCCCCCCCCCCCCCCCCCC(=O)NC(COC1OC(CO)C(OC2OC(CO)C(OC3OC(CO)C(O)C(O)C3O)C(O)C2O)C(O)C1O)C(O)CCCCCC. The molecule has 0 bridgehead atoms. The van der Waals surface area contributed by atoms with E-state index < -0.39 is 124 Å². The van der Waals surface area contributed by atoms with E-state index in [1.807, 2.05) is 0 Å². The van der Waals surface area contributed by atoms with Crippen molar-refractivity contribution in [3.63, 3.8) is 0 Å². The molecule has 19 heteroatoms. The number of aliphatic hydroxyl groups excluding tert-OH is 11. The van der Waals surface area contributed by atoms with E-state index in [0.717, 1.165) is 44.9 Å². The molecule has 0 saturated carbocycles. The summed E-state index contributed by atoms with van der Waals surface area (Å²) in [6.45, 7) is 1.66. The second kappa shape index (κ2) is 39.2. The van der Waals surface area contributed by atoms with Crippen LogP contribution in [-0.4, -0.2) is 193 Å². The summed E-state index contributed by atoms with van der Waals surface area (Å²) >= 11 is 0. The molecular formula is C54H103NO18. The van der Waals surface area contributed by atoms with Gasteiger partial charge in [-0.2, -0.15) is 0 Å². The number of carbonyl (C=O) groups is 1. The van der Waals surface area contributed by atoms with Gasteiger partial charge in [0.05, 0.1) is 38.6 Å². The van der Waals surface area contributed by atoms with Crippen LogP contribution in [0.25, 0.3) is 0 Å². The van der Waals surface area contributed by atoms with Crippen molar-refractivity contribution in [1.29, 1.82) is 0 Å². The van der Waals surface area contributed by atoms with Crippen LogP contribution in [-0.2, 0) is 33.2 Å². The topological polar surface area (TPSA) is 307 Å². The van der Waals surface area contributed by atoms with Gasteiger partial charge in [0.2, 0.25) is 5.91 Å². The highest BCUT2D eigenvalue weighted by molar-refractivity contribution is 5.76. The lowest BCUT2D eigenvalue weighted by Gasteiger charge is -2.48. The molecule has 0 aromatic rings. The normalized spacial score (nSPS) is 31.7. The second-order valence-corrected chi connectivity index (χ2v) is 21.1. The molecule has 17 unspecified atom stereocenters. The van der Waals surface area contributed by atoms with E-state index in [1.54, 1.807) is 0 Å². The number of rotatable bonds is 42. The minimum atomic E-state index is -1.97. The number of unbranched alkanes of at least 4 members (excludes halogenated alkanes) is 26. The third kappa shape index (κ3) is 24.1. The van der Waals surface area contributed by atoms with Gasteiger partial charge in [0.15, 0.2) is 18.9 Å². The molecule has 1 amide bonds. The van der Waals surface area contributed by atoms with Crippen LogP contribution in [0.2, 0.25) is 0 Å². The Morgan fingerprint density at radius 2 is 0.781 bits per heavy atom. The second-order valence-electron chi connectivity index (χ2n) is 21.1. The molecule has 432 valence electrons. The highest BCUT2D eigenvalue weighted by atomic mass is 16.8. The summed E-state index contributed by atoms with van der Waals surface area (Å²) < 4.78 is 34.1. The van der Waals surface area contributed by atoms with Crippen molar-refractivity contribution >= 4 is 5.91 Å². The van der Waals surface area contributed by atoms with Crippen LogP contribution in [0.1, 0.15) is 206 Å². The van der Waals surface area contributed by atoms with Crippen molar-refractivity contribution in [2.45, 2.75) is 311 Å². The first-order valence-corrected chi connectivity index (χ1v) is 28.8. The van der Waals surface area contributed by atoms with Crippen molar-refractivity contribution in [1.82, 2.24) is 5.32 Å². The molecule has 3 fully saturated rings. The average molecular weight is 1050 g/mol. The molecule has 3 saturated heterocycles. The standard InChI is InChI=1S/C54H103NO18/c1-3-5-7-9-10-11-12-13-14-15-16-17-18-19-20-21-22-23-24-25-26-27-28-30-32-42(60)55-37(38(59)31-29-8-6-4-2)36-68-52-48(66)45(63)50(40(34-57)70-52)73-54-49(67)46(64)51(41(35-58)71-54)72-53-47(65)44(62)43(61)39(33-56)69-53/h37-41,43-54,56-59,61-67H,3-36H2,1-2H3,(H,55,60). The number of aliphatic hydroxyl groups is 11. The number of ether oxygens (including phenoxy) is 6. The molecule has 12 N–H and O–H groups in total. The average Bonchev–Trinajstić information content (AvgIpc) is 3.39. The van der Waals surface area contributed by atoms with Crippen molar-refractivity contribution < 1.29 is 89.4 Å². The Morgan fingerprint density at radius 3 is 1.19 bits per heavy atom. The van der Waals surface area contributed by atoms with Gasteiger partial charge in [-0.3, -0.25) is 4.79 Å². The predicted octanol–water partition coefficient (Wildman–Crippen LogP) is 4.04. The van der Waals surface area contributed by atoms with Crippen molar-refractivity contribution in [2.24, 2.45) is 0 Å². The molecule has 0 spiro atoms. The highest BCUT2D eigenvalue weighted by Gasteiger charge is 2.53. The van der Waals surface area contributed by atoms with Crippen LogP contribution in [0.5, 0.6) is 0 Å². The maximum atomic E-state index is 13.2. The maximum absolute atomic E-state index is 13.2. The molecule has 0 aliphatic carbocycles. The van der Waals surface area contributed by atoms with Gasteiger partial charge >= 0.3 is 0 Å². The fraction of sp³-hybridized carbons (Fsp3) is 0.981. The number of amides is 1. The zero-order valence-corrected chi connectivity index (χ0v) is 44.6. The Balaban J connectivity index is 1.36. The quantitative estimate of drug-likeness (QED) is 0.0384. The summed E-state index contributed by atoms with van der Waals surface area (Å²) in [5.74, 6) is -0.248. The Labute approximate surface area is 436 Å². The summed E-state index contributed by atoms with van der Waals surface area (Å²) in [4.78, 5) is 13.2. The fourth-order valence-corrected chi connectivity index (χ4v) is 10.1. The first kappa shape index (κ1) is 66.1. The smallest absolute Gasteiger partial charge is 0.220 e. The monoisotopic (exact) mass is 1050 g/mol. The van der Waals surface area contributed by atoms with E-state index in [-0.39, 0.29) is 18.9 Å². The van der Waals surface area contributed by atoms with Crippen molar-refractivity contribution in [3.05, 3.63) is 0 Å². The zero-order valence-electron chi connectivity index (χ0n) is 44.6. The van der Waals surface area contributed by atoms with Gasteiger partial charge in [-0.05, 0) is 12.8 Å². The molecule has 3 rings (SSSR count). The Hall–Kier alpha value is -1.21. The van der Waals surface area contributed by atoms with E-state index in [1.165, 1.54) is 128 Å². The van der Waals surface area contributed by atoms with Gasteiger partial charge in [-0.1, -0.05) is 187 Å². The molecule has 19 nitrogen and oxygen atoms in total. The van der Waals surface area contributed by atoms with E-state index >= 15 is 0 Å². The van der Waals surface area contributed by atoms with Crippen LogP contribution >= 0.6 is 0 Å². The van der Waals surface area contributed by atoms with Crippen LogP contribution in [0.15, 0.2) is 0 Å². The van der Waals surface area contributed by atoms with Crippen molar-refractivity contribution in [3.8, 4) is 0 Å². The van der Waals surface area contributed by atoms with Gasteiger partial charge in [-0.15, -0.1) is 0 Å².